The Morgan fingerprint density at radius 2 is 0.593 bits per heavy atom. The molecule has 164 valence electrons. The number of rotatable bonds is 22. The van der Waals surface area contributed by atoms with Gasteiger partial charge in [0, 0.05) is 0 Å². The predicted molar refractivity (Wildman–Crippen MR) is 123 cm³/mol. The van der Waals surface area contributed by atoms with E-state index in [0.29, 0.717) is 0 Å². The van der Waals surface area contributed by atoms with E-state index in [-0.39, 0.29) is 6.10 Å². The van der Waals surface area contributed by atoms with Gasteiger partial charge in [-0.15, -0.1) is 0 Å². The van der Waals surface area contributed by atoms with E-state index in [1.807, 2.05) is 6.92 Å². The van der Waals surface area contributed by atoms with Gasteiger partial charge < -0.3 is 5.11 Å². The van der Waals surface area contributed by atoms with E-state index in [1.54, 1.807) is 0 Å². The van der Waals surface area contributed by atoms with Crippen LogP contribution in [0, 0.1) is 5.92 Å². The molecule has 27 heavy (non-hydrogen) atoms. The molecular formula is C26H54O. The van der Waals surface area contributed by atoms with E-state index in [2.05, 4.69) is 13.8 Å². The summed E-state index contributed by atoms with van der Waals surface area (Å²) in [5.41, 5.74) is 0. The molecular weight excluding hydrogens is 328 g/mol. The fourth-order valence-electron chi connectivity index (χ4n) is 4.00. The molecule has 0 bridgehead atoms. The van der Waals surface area contributed by atoms with Crippen LogP contribution in [0.4, 0.5) is 0 Å². The second kappa shape index (κ2) is 22.3. The maximum absolute atomic E-state index is 9.22. The fourth-order valence-corrected chi connectivity index (χ4v) is 4.00. The van der Waals surface area contributed by atoms with E-state index >= 15 is 0 Å². The number of hydrogen-bond acceptors (Lipinski definition) is 1. The van der Waals surface area contributed by atoms with Crippen LogP contribution in [0.15, 0.2) is 0 Å². The predicted octanol–water partition coefficient (Wildman–Crippen LogP) is 9.22. The van der Waals surface area contributed by atoms with Crippen molar-refractivity contribution in [3.05, 3.63) is 0 Å². The number of unbranched alkanes of at least 4 members (excludes halogenated alkanes) is 18. The second-order valence-corrected chi connectivity index (χ2v) is 9.54. The van der Waals surface area contributed by atoms with Gasteiger partial charge in [0.1, 0.15) is 0 Å². The van der Waals surface area contributed by atoms with Crippen LogP contribution in [-0.4, -0.2) is 11.2 Å². The summed E-state index contributed by atoms with van der Waals surface area (Å²) in [4.78, 5) is 0. The van der Waals surface area contributed by atoms with Gasteiger partial charge in [0.15, 0.2) is 0 Å². The largest absolute Gasteiger partial charge is 0.393 e. The van der Waals surface area contributed by atoms with Gasteiger partial charge in [-0.3, -0.25) is 0 Å². The van der Waals surface area contributed by atoms with Crippen molar-refractivity contribution in [2.75, 3.05) is 0 Å². The lowest BCUT2D eigenvalue weighted by Gasteiger charge is -2.05. The molecule has 0 heterocycles. The molecule has 1 N–H and O–H groups in total. The molecule has 0 saturated heterocycles. The zero-order valence-corrected chi connectivity index (χ0v) is 19.5. The average molecular weight is 383 g/mol. The molecule has 0 spiro atoms. The van der Waals surface area contributed by atoms with E-state index in [1.165, 1.54) is 128 Å². The number of hydrogen-bond donors (Lipinski definition) is 1. The highest BCUT2D eigenvalue weighted by Gasteiger charge is 1.97. The quantitative estimate of drug-likeness (QED) is 0.185. The second-order valence-electron chi connectivity index (χ2n) is 9.54. The zero-order chi connectivity index (χ0) is 20.0. The molecule has 0 aliphatic carbocycles. The minimum Gasteiger partial charge on any atom is -0.393 e. The summed E-state index contributed by atoms with van der Waals surface area (Å²) in [6.45, 7) is 6.57. The Bertz CT molecular complexity index is 233. The summed E-state index contributed by atoms with van der Waals surface area (Å²) in [5.74, 6) is 0.891. The van der Waals surface area contributed by atoms with Gasteiger partial charge >= 0.3 is 0 Å². The topological polar surface area (TPSA) is 20.2 Å². The smallest absolute Gasteiger partial charge is 0.0512 e. The van der Waals surface area contributed by atoms with Crippen LogP contribution < -0.4 is 0 Å². The van der Waals surface area contributed by atoms with Crippen LogP contribution in [0.1, 0.15) is 156 Å². The molecule has 1 atom stereocenters. The van der Waals surface area contributed by atoms with Gasteiger partial charge in [-0.25, -0.2) is 0 Å². The molecule has 0 fully saturated rings. The lowest BCUT2D eigenvalue weighted by molar-refractivity contribution is 0.180. The van der Waals surface area contributed by atoms with E-state index in [4.69, 9.17) is 0 Å². The van der Waals surface area contributed by atoms with Crippen molar-refractivity contribution in [1.82, 2.24) is 0 Å². The van der Waals surface area contributed by atoms with Crippen LogP contribution in [-0.2, 0) is 0 Å². The molecule has 1 nitrogen and oxygen atoms in total. The summed E-state index contributed by atoms with van der Waals surface area (Å²) < 4.78 is 0. The first-order valence-corrected chi connectivity index (χ1v) is 12.8. The van der Waals surface area contributed by atoms with Gasteiger partial charge in [-0.1, -0.05) is 142 Å². The van der Waals surface area contributed by atoms with Crippen LogP contribution in [0.5, 0.6) is 0 Å². The molecule has 0 aromatic rings. The average Bonchev–Trinajstić information content (AvgIpc) is 2.62. The van der Waals surface area contributed by atoms with E-state index in [0.717, 1.165) is 12.3 Å². The van der Waals surface area contributed by atoms with Gasteiger partial charge in [-0.05, 0) is 19.3 Å². The third-order valence-electron chi connectivity index (χ3n) is 5.90. The fraction of sp³-hybridized carbons (Fsp3) is 1.00. The van der Waals surface area contributed by atoms with Crippen molar-refractivity contribution in [3.8, 4) is 0 Å². The zero-order valence-electron chi connectivity index (χ0n) is 19.5. The third-order valence-corrected chi connectivity index (χ3v) is 5.90. The maximum Gasteiger partial charge on any atom is 0.0512 e. The Kier molecular flexibility index (Phi) is 22.2. The van der Waals surface area contributed by atoms with E-state index < -0.39 is 0 Å². The molecule has 1 unspecified atom stereocenters. The number of aliphatic hydroxyl groups excluding tert-OH is 1. The Morgan fingerprint density at radius 3 is 0.815 bits per heavy atom. The van der Waals surface area contributed by atoms with Gasteiger partial charge in [0.05, 0.1) is 6.10 Å². The highest BCUT2D eigenvalue weighted by Crippen LogP contribution is 2.15. The molecule has 0 rings (SSSR count). The minimum atomic E-state index is -0.102. The van der Waals surface area contributed by atoms with Crippen molar-refractivity contribution in [3.63, 3.8) is 0 Å². The SMILES string of the molecule is CC(C)CCCCCCCCCCCCCCCCCCCCCC(C)O. The van der Waals surface area contributed by atoms with Crippen LogP contribution in [0.2, 0.25) is 0 Å². The molecule has 0 aliphatic rings. The minimum absolute atomic E-state index is 0.102. The van der Waals surface area contributed by atoms with Crippen LogP contribution in [0.25, 0.3) is 0 Å². The summed E-state index contributed by atoms with van der Waals surface area (Å²) in [5, 5.41) is 9.22. The van der Waals surface area contributed by atoms with Gasteiger partial charge in [0.25, 0.3) is 0 Å². The van der Waals surface area contributed by atoms with Crippen molar-refractivity contribution >= 4 is 0 Å². The Labute approximate surface area is 173 Å². The van der Waals surface area contributed by atoms with Gasteiger partial charge in [-0.2, -0.15) is 0 Å². The number of aliphatic hydroxyl groups is 1. The van der Waals surface area contributed by atoms with Crippen LogP contribution in [0.3, 0.4) is 0 Å². The van der Waals surface area contributed by atoms with Gasteiger partial charge in [0.2, 0.25) is 0 Å². The summed E-state index contributed by atoms with van der Waals surface area (Å²) in [6.07, 6.45) is 29.5. The Hall–Kier alpha value is -0.0400. The summed E-state index contributed by atoms with van der Waals surface area (Å²) in [7, 11) is 0. The normalized spacial score (nSPS) is 12.8. The Balaban J connectivity index is 2.99. The molecule has 0 amide bonds. The third kappa shape index (κ3) is 26.0. The van der Waals surface area contributed by atoms with E-state index in [9.17, 15) is 5.11 Å². The van der Waals surface area contributed by atoms with Crippen molar-refractivity contribution in [1.29, 1.82) is 0 Å². The molecule has 0 radical (unpaired) electrons. The lowest BCUT2D eigenvalue weighted by Crippen LogP contribution is -1.98. The maximum atomic E-state index is 9.22. The highest BCUT2D eigenvalue weighted by atomic mass is 16.3. The first kappa shape index (κ1) is 27.0. The lowest BCUT2D eigenvalue weighted by atomic mass is 10.0. The molecule has 0 aromatic heterocycles. The summed E-state index contributed by atoms with van der Waals surface area (Å²) in [6, 6.07) is 0. The molecule has 1 heteroatoms. The molecule has 0 aromatic carbocycles. The standard InChI is InChI=1S/C26H54O/c1-25(2)23-21-19-17-15-13-11-9-7-5-4-6-8-10-12-14-16-18-20-22-24-26(3)27/h25-27H,4-24H2,1-3H3. The van der Waals surface area contributed by atoms with Crippen LogP contribution >= 0.6 is 0 Å². The first-order chi connectivity index (χ1) is 13.1. The first-order valence-electron chi connectivity index (χ1n) is 12.8. The van der Waals surface area contributed by atoms with Crippen molar-refractivity contribution in [2.24, 2.45) is 5.92 Å². The highest BCUT2D eigenvalue weighted by molar-refractivity contribution is 4.52. The van der Waals surface area contributed by atoms with Crippen molar-refractivity contribution < 1.29 is 5.11 Å². The molecule has 0 aliphatic heterocycles. The molecule has 0 saturated carbocycles. The van der Waals surface area contributed by atoms with Crippen molar-refractivity contribution in [2.45, 2.75) is 162 Å². The monoisotopic (exact) mass is 382 g/mol. The summed E-state index contributed by atoms with van der Waals surface area (Å²) >= 11 is 0. The Morgan fingerprint density at radius 1 is 0.370 bits per heavy atom.